The van der Waals surface area contributed by atoms with Gasteiger partial charge in [-0.2, -0.15) is 0 Å². The average molecular weight is 343 g/mol. The van der Waals surface area contributed by atoms with Crippen LogP contribution in [0.2, 0.25) is 0 Å². The van der Waals surface area contributed by atoms with E-state index in [1.807, 2.05) is 6.92 Å². The highest BCUT2D eigenvalue weighted by molar-refractivity contribution is 5.69. The summed E-state index contributed by atoms with van der Waals surface area (Å²) in [5.41, 5.74) is 0. The fourth-order valence-corrected chi connectivity index (χ4v) is 2.97. The zero-order valence-corrected chi connectivity index (χ0v) is 16.2. The van der Waals surface area contributed by atoms with E-state index in [9.17, 15) is 4.79 Å². The van der Waals surface area contributed by atoms with E-state index in [2.05, 4.69) is 0 Å². The van der Waals surface area contributed by atoms with Crippen molar-refractivity contribution in [1.82, 2.24) is 0 Å². The Morgan fingerprint density at radius 3 is 1.42 bits per heavy atom. The number of carbonyl (C=O) groups excluding carboxylic acids is 1. The Morgan fingerprint density at radius 2 is 1.04 bits per heavy atom. The third kappa shape index (κ3) is 19.5. The number of esters is 1. The quantitative estimate of drug-likeness (QED) is 0.225. The number of rotatable bonds is 19. The summed E-state index contributed by atoms with van der Waals surface area (Å²) in [6.07, 6.45) is 20.7. The minimum Gasteiger partial charge on any atom is -0.466 e. The van der Waals surface area contributed by atoms with Crippen molar-refractivity contribution in [2.24, 2.45) is 0 Å². The third-order valence-electron chi connectivity index (χ3n) is 4.51. The van der Waals surface area contributed by atoms with Gasteiger partial charge < -0.3 is 9.84 Å². The number of hydrogen-bond acceptors (Lipinski definition) is 3. The average Bonchev–Trinajstić information content (AvgIpc) is 2.59. The van der Waals surface area contributed by atoms with Gasteiger partial charge in [0.25, 0.3) is 0 Å². The van der Waals surface area contributed by atoms with E-state index in [1.54, 1.807) is 0 Å². The normalized spacial score (nSPS) is 10.9. The van der Waals surface area contributed by atoms with Gasteiger partial charge in [-0.1, -0.05) is 90.4 Å². The second-order valence-electron chi connectivity index (χ2n) is 7.00. The minimum atomic E-state index is -0.0229. The molecule has 0 unspecified atom stereocenters. The van der Waals surface area contributed by atoms with Gasteiger partial charge in [0.15, 0.2) is 0 Å². The summed E-state index contributed by atoms with van der Waals surface area (Å²) < 4.78 is 5.07. The van der Waals surface area contributed by atoms with Crippen LogP contribution < -0.4 is 0 Å². The molecule has 1 N–H and O–H groups in total. The van der Waals surface area contributed by atoms with E-state index in [0.717, 1.165) is 25.7 Å². The van der Waals surface area contributed by atoms with Gasteiger partial charge in [0.2, 0.25) is 0 Å². The lowest BCUT2D eigenvalue weighted by molar-refractivity contribution is -0.143. The second kappa shape index (κ2) is 20.5. The van der Waals surface area contributed by atoms with Crippen molar-refractivity contribution in [3.05, 3.63) is 0 Å². The first-order valence-electron chi connectivity index (χ1n) is 10.6. The SMILES string of the molecule is CCCOC(=O)CCCCCCCCCCCCCCCCCO. The molecule has 0 aromatic heterocycles. The Labute approximate surface area is 150 Å². The van der Waals surface area contributed by atoms with Crippen molar-refractivity contribution in [2.75, 3.05) is 13.2 Å². The molecule has 24 heavy (non-hydrogen) atoms. The number of ether oxygens (including phenoxy) is 1. The highest BCUT2D eigenvalue weighted by atomic mass is 16.5. The van der Waals surface area contributed by atoms with Crippen molar-refractivity contribution in [3.8, 4) is 0 Å². The van der Waals surface area contributed by atoms with Gasteiger partial charge in [0.05, 0.1) is 6.61 Å². The molecule has 0 aromatic rings. The van der Waals surface area contributed by atoms with E-state index >= 15 is 0 Å². The largest absolute Gasteiger partial charge is 0.466 e. The molecule has 0 heterocycles. The molecule has 0 rings (SSSR count). The van der Waals surface area contributed by atoms with Crippen LogP contribution in [0.4, 0.5) is 0 Å². The van der Waals surface area contributed by atoms with Crippen LogP contribution in [0.3, 0.4) is 0 Å². The summed E-state index contributed by atoms with van der Waals surface area (Å²) in [7, 11) is 0. The summed E-state index contributed by atoms with van der Waals surface area (Å²) in [6.45, 7) is 2.95. The monoisotopic (exact) mass is 342 g/mol. The highest BCUT2D eigenvalue weighted by Crippen LogP contribution is 2.13. The zero-order chi connectivity index (χ0) is 17.7. The van der Waals surface area contributed by atoms with Gasteiger partial charge in [0.1, 0.15) is 0 Å². The van der Waals surface area contributed by atoms with E-state index < -0.39 is 0 Å². The predicted molar refractivity (Wildman–Crippen MR) is 102 cm³/mol. The molecule has 0 aliphatic carbocycles. The Balaban J connectivity index is 3.04. The van der Waals surface area contributed by atoms with Gasteiger partial charge in [-0.25, -0.2) is 0 Å². The van der Waals surface area contributed by atoms with E-state index in [-0.39, 0.29) is 5.97 Å². The molecule has 0 aromatic carbocycles. The fraction of sp³-hybridized carbons (Fsp3) is 0.952. The Bertz CT molecular complexity index is 253. The molecule has 0 aliphatic heterocycles. The maximum Gasteiger partial charge on any atom is 0.305 e. The first-order valence-corrected chi connectivity index (χ1v) is 10.6. The molecule has 0 aliphatic rings. The number of hydrogen-bond donors (Lipinski definition) is 1. The molecule has 3 heteroatoms. The molecule has 0 saturated carbocycles. The van der Waals surface area contributed by atoms with Crippen molar-refractivity contribution in [1.29, 1.82) is 0 Å². The van der Waals surface area contributed by atoms with E-state index in [4.69, 9.17) is 9.84 Å². The molecule has 0 bridgehead atoms. The smallest absolute Gasteiger partial charge is 0.305 e. The lowest BCUT2D eigenvalue weighted by atomic mass is 10.0. The van der Waals surface area contributed by atoms with Crippen LogP contribution in [-0.4, -0.2) is 24.3 Å². The first kappa shape index (κ1) is 23.4. The molecular formula is C21H42O3. The van der Waals surface area contributed by atoms with Crippen molar-refractivity contribution >= 4 is 5.97 Å². The van der Waals surface area contributed by atoms with Gasteiger partial charge in [-0.05, 0) is 19.3 Å². The van der Waals surface area contributed by atoms with E-state index in [0.29, 0.717) is 19.6 Å². The summed E-state index contributed by atoms with van der Waals surface area (Å²) in [4.78, 5) is 11.3. The molecule has 0 fully saturated rings. The molecule has 3 nitrogen and oxygen atoms in total. The zero-order valence-electron chi connectivity index (χ0n) is 16.2. The number of carbonyl (C=O) groups is 1. The van der Waals surface area contributed by atoms with Crippen LogP contribution in [0.25, 0.3) is 0 Å². The Morgan fingerprint density at radius 1 is 0.667 bits per heavy atom. The maximum atomic E-state index is 11.3. The van der Waals surface area contributed by atoms with Crippen molar-refractivity contribution in [2.45, 2.75) is 116 Å². The molecular weight excluding hydrogens is 300 g/mol. The topological polar surface area (TPSA) is 46.5 Å². The van der Waals surface area contributed by atoms with Crippen LogP contribution in [-0.2, 0) is 9.53 Å². The van der Waals surface area contributed by atoms with Gasteiger partial charge in [-0.15, -0.1) is 0 Å². The van der Waals surface area contributed by atoms with Gasteiger partial charge in [-0.3, -0.25) is 4.79 Å². The van der Waals surface area contributed by atoms with Gasteiger partial charge >= 0.3 is 5.97 Å². The molecule has 0 amide bonds. The lowest BCUT2D eigenvalue weighted by Gasteiger charge is -2.04. The van der Waals surface area contributed by atoms with Crippen LogP contribution in [0, 0.1) is 0 Å². The minimum absolute atomic E-state index is 0.0229. The maximum absolute atomic E-state index is 11.3. The number of unbranched alkanes of at least 4 members (excludes halogenated alkanes) is 14. The van der Waals surface area contributed by atoms with Crippen LogP contribution >= 0.6 is 0 Å². The number of aliphatic hydroxyl groups is 1. The summed E-state index contributed by atoms with van der Waals surface area (Å²) in [5.74, 6) is -0.0229. The van der Waals surface area contributed by atoms with E-state index in [1.165, 1.54) is 77.0 Å². The first-order chi connectivity index (χ1) is 11.8. The van der Waals surface area contributed by atoms with Crippen LogP contribution in [0.1, 0.15) is 116 Å². The van der Waals surface area contributed by atoms with Crippen molar-refractivity contribution in [3.63, 3.8) is 0 Å². The molecule has 144 valence electrons. The predicted octanol–water partition coefficient (Wildman–Crippen LogP) is 6.17. The van der Waals surface area contributed by atoms with Crippen LogP contribution in [0.5, 0.6) is 0 Å². The molecule has 0 atom stereocenters. The molecule has 0 radical (unpaired) electrons. The highest BCUT2D eigenvalue weighted by Gasteiger charge is 2.01. The molecule has 0 spiro atoms. The summed E-state index contributed by atoms with van der Waals surface area (Å²) in [6, 6.07) is 0. The lowest BCUT2D eigenvalue weighted by Crippen LogP contribution is -2.04. The third-order valence-corrected chi connectivity index (χ3v) is 4.51. The fourth-order valence-electron chi connectivity index (χ4n) is 2.97. The standard InChI is InChI=1S/C21H42O3/c1-2-20-24-21(23)18-16-14-12-10-8-6-4-3-5-7-9-11-13-15-17-19-22/h22H,2-20H2,1H3. The number of aliphatic hydroxyl groups excluding tert-OH is 1. The van der Waals surface area contributed by atoms with Gasteiger partial charge in [0, 0.05) is 13.0 Å². The summed E-state index contributed by atoms with van der Waals surface area (Å²) >= 11 is 0. The Kier molecular flexibility index (Phi) is 20.0. The Hall–Kier alpha value is -0.570. The van der Waals surface area contributed by atoms with Crippen LogP contribution in [0.15, 0.2) is 0 Å². The summed E-state index contributed by atoms with van der Waals surface area (Å²) in [5, 5.41) is 8.70. The molecule has 0 saturated heterocycles. The second-order valence-corrected chi connectivity index (χ2v) is 7.00. The van der Waals surface area contributed by atoms with Crippen molar-refractivity contribution < 1.29 is 14.6 Å².